The molecule has 0 aromatic heterocycles. The Labute approximate surface area is 54.6 Å². The SMILES string of the molecule is [C]1C2C3C4C1C1C2C3C41. The quantitative estimate of drug-likeness (QED) is 0.444. The zero-order valence-corrected chi connectivity index (χ0v) is 5.12. The summed E-state index contributed by atoms with van der Waals surface area (Å²) in [5, 5.41) is 0. The van der Waals surface area contributed by atoms with Crippen LogP contribution in [-0.4, -0.2) is 0 Å². The normalized spacial score (nSPS) is 98.7. The second kappa shape index (κ2) is 0.627. The molecule has 0 aromatic rings. The van der Waals surface area contributed by atoms with Gasteiger partial charge in [-0.3, -0.25) is 0 Å². The molecule has 6 aliphatic rings. The fourth-order valence-corrected chi connectivity index (χ4v) is 5.08. The molecule has 0 aliphatic heterocycles. The Bertz CT molecular complexity index is 175. The van der Waals surface area contributed by atoms with E-state index in [0.717, 1.165) is 11.8 Å². The van der Waals surface area contributed by atoms with Crippen molar-refractivity contribution in [3.8, 4) is 0 Å². The van der Waals surface area contributed by atoms with E-state index >= 15 is 0 Å². The van der Waals surface area contributed by atoms with Crippen molar-refractivity contribution in [1.29, 1.82) is 0 Å². The van der Waals surface area contributed by atoms with Gasteiger partial charge >= 0.3 is 0 Å². The first-order valence-electron chi connectivity index (χ1n) is 4.24. The van der Waals surface area contributed by atoms with Gasteiger partial charge in [-0.25, -0.2) is 0 Å². The van der Waals surface area contributed by atoms with E-state index in [-0.39, 0.29) is 0 Å². The van der Waals surface area contributed by atoms with Crippen LogP contribution in [0.3, 0.4) is 0 Å². The molecule has 2 radical (unpaired) electrons. The third-order valence-corrected chi connectivity index (χ3v) is 5.15. The summed E-state index contributed by atoms with van der Waals surface area (Å²) in [6.07, 6.45) is 3.75. The summed E-state index contributed by atoms with van der Waals surface area (Å²) in [5.41, 5.74) is 0. The van der Waals surface area contributed by atoms with E-state index in [9.17, 15) is 0 Å². The van der Waals surface area contributed by atoms with E-state index in [4.69, 9.17) is 0 Å². The van der Waals surface area contributed by atoms with Gasteiger partial charge < -0.3 is 0 Å². The van der Waals surface area contributed by atoms with E-state index in [1.165, 1.54) is 35.5 Å². The van der Waals surface area contributed by atoms with Gasteiger partial charge in [0.15, 0.2) is 0 Å². The monoisotopic (exact) mass is 116 g/mol. The minimum absolute atomic E-state index is 1.04. The molecule has 0 N–H and O–H groups in total. The first-order valence-corrected chi connectivity index (χ1v) is 4.24. The minimum Gasteiger partial charge on any atom is -0.0312 e. The Hall–Kier alpha value is 0. The van der Waals surface area contributed by atoms with Crippen LogP contribution in [0.25, 0.3) is 0 Å². The highest BCUT2D eigenvalue weighted by molar-refractivity contribution is 5.42. The fourth-order valence-electron chi connectivity index (χ4n) is 5.08. The van der Waals surface area contributed by atoms with Gasteiger partial charge in [0.2, 0.25) is 0 Å². The van der Waals surface area contributed by atoms with Gasteiger partial charge in [0.1, 0.15) is 0 Å². The molecule has 0 spiro atoms. The Balaban J connectivity index is 1.96. The molecular weight excluding hydrogens is 108 g/mol. The van der Waals surface area contributed by atoms with Crippen molar-refractivity contribution in [3.63, 3.8) is 0 Å². The Kier molecular flexibility index (Phi) is 0.238. The van der Waals surface area contributed by atoms with Gasteiger partial charge in [-0.2, -0.15) is 0 Å². The van der Waals surface area contributed by atoms with Crippen molar-refractivity contribution in [2.24, 2.45) is 47.3 Å². The standard InChI is InChI=1S/C9H8/c1-2-4-6-3(1)7-5(2)8(4)9(6)7/h2-9H. The molecule has 6 aliphatic carbocycles. The summed E-state index contributed by atoms with van der Waals surface area (Å²) in [6.45, 7) is 0. The lowest BCUT2D eigenvalue weighted by Gasteiger charge is -2.84. The smallest absolute Gasteiger partial charge is 0.00936 e. The molecule has 9 heavy (non-hydrogen) atoms. The van der Waals surface area contributed by atoms with Crippen LogP contribution in [-0.2, 0) is 0 Å². The Morgan fingerprint density at radius 1 is 0.556 bits per heavy atom. The lowest BCUT2D eigenvalue weighted by molar-refractivity contribution is -0.379. The largest absolute Gasteiger partial charge is 0.0312 e. The van der Waals surface area contributed by atoms with Crippen molar-refractivity contribution in [2.75, 3.05) is 0 Å². The van der Waals surface area contributed by atoms with Gasteiger partial charge in [0.05, 0.1) is 0 Å². The lowest BCUT2D eigenvalue weighted by Crippen LogP contribution is -2.81. The number of rotatable bonds is 0. The first-order chi connectivity index (χ1) is 4.48. The van der Waals surface area contributed by atoms with Crippen molar-refractivity contribution in [3.05, 3.63) is 6.42 Å². The Morgan fingerprint density at radius 3 is 1.33 bits per heavy atom. The second-order valence-corrected chi connectivity index (χ2v) is 4.68. The molecule has 0 saturated heterocycles. The lowest BCUT2D eigenvalue weighted by atomic mass is 9.20. The second-order valence-electron chi connectivity index (χ2n) is 4.68. The fraction of sp³-hybridized carbons (Fsp3) is 0.889. The molecule has 4 unspecified atom stereocenters. The van der Waals surface area contributed by atoms with Crippen LogP contribution in [0.4, 0.5) is 0 Å². The molecule has 0 nitrogen and oxygen atoms in total. The molecule has 6 saturated carbocycles. The number of hydrogen-bond donors (Lipinski definition) is 0. The summed E-state index contributed by atoms with van der Waals surface area (Å²) in [7, 11) is 0. The van der Waals surface area contributed by atoms with Crippen LogP contribution in [0.2, 0.25) is 0 Å². The van der Waals surface area contributed by atoms with Gasteiger partial charge in [-0.15, -0.1) is 0 Å². The predicted octanol–water partition coefficient (Wildman–Crippen LogP) is 1.07. The predicted molar refractivity (Wildman–Crippen MR) is 31.2 cm³/mol. The first kappa shape index (κ1) is 3.41. The Morgan fingerprint density at radius 2 is 1.00 bits per heavy atom. The molecule has 2 bridgehead atoms. The van der Waals surface area contributed by atoms with E-state index in [2.05, 4.69) is 6.42 Å². The summed E-state index contributed by atoms with van der Waals surface area (Å²) in [6, 6.07) is 0. The van der Waals surface area contributed by atoms with Gasteiger partial charge in [0, 0.05) is 0 Å². The average molecular weight is 116 g/mol. The van der Waals surface area contributed by atoms with Gasteiger partial charge in [-0.1, -0.05) is 0 Å². The summed E-state index contributed by atoms with van der Waals surface area (Å²) < 4.78 is 0. The summed E-state index contributed by atoms with van der Waals surface area (Å²) in [4.78, 5) is 0. The zero-order chi connectivity index (χ0) is 5.33. The summed E-state index contributed by atoms with van der Waals surface area (Å²) in [5.74, 6) is 9.42. The maximum absolute atomic E-state index is 3.75. The average Bonchev–Trinajstić information content (AvgIpc) is 2.12. The van der Waals surface area contributed by atoms with Crippen LogP contribution < -0.4 is 0 Å². The third kappa shape index (κ3) is 0.125. The molecule has 4 atom stereocenters. The van der Waals surface area contributed by atoms with Gasteiger partial charge in [0.25, 0.3) is 0 Å². The van der Waals surface area contributed by atoms with Crippen molar-refractivity contribution in [1.82, 2.24) is 0 Å². The van der Waals surface area contributed by atoms with Crippen molar-refractivity contribution in [2.45, 2.75) is 0 Å². The molecular formula is C9H8. The van der Waals surface area contributed by atoms with Crippen LogP contribution in [0.1, 0.15) is 0 Å². The highest BCUT2D eigenvalue weighted by Crippen LogP contribution is 2.94. The maximum Gasteiger partial charge on any atom is -0.00936 e. The topological polar surface area (TPSA) is 0 Å². The molecule has 44 valence electrons. The molecule has 0 heteroatoms. The van der Waals surface area contributed by atoms with E-state index in [1.54, 1.807) is 0 Å². The third-order valence-electron chi connectivity index (χ3n) is 5.15. The van der Waals surface area contributed by atoms with Crippen LogP contribution >= 0.6 is 0 Å². The maximum atomic E-state index is 3.75. The summed E-state index contributed by atoms with van der Waals surface area (Å²) >= 11 is 0. The molecule has 0 heterocycles. The van der Waals surface area contributed by atoms with E-state index in [0.29, 0.717) is 0 Å². The highest BCUT2D eigenvalue weighted by atomic mass is 14.9. The molecule has 6 rings (SSSR count). The van der Waals surface area contributed by atoms with Crippen molar-refractivity contribution < 1.29 is 0 Å². The van der Waals surface area contributed by atoms with Crippen LogP contribution in [0, 0.1) is 53.8 Å². The van der Waals surface area contributed by atoms with Crippen LogP contribution in [0.15, 0.2) is 0 Å². The highest BCUT2D eigenvalue weighted by Gasteiger charge is 2.90. The van der Waals surface area contributed by atoms with E-state index in [1.807, 2.05) is 0 Å². The van der Waals surface area contributed by atoms with Crippen molar-refractivity contribution >= 4 is 0 Å². The molecule has 0 aromatic carbocycles. The molecule has 6 fully saturated rings. The van der Waals surface area contributed by atoms with E-state index < -0.39 is 0 Å². The zero-order valence-electron chi connectivity index (χ0n) is 5.12. The molecule has 0 amide bonds. The minimum atomic E-state index is 1.04. The van der Waals surface area contributed by atoms with Gasteiger partial charge in [-0.05, 0) is 53.8 Å². The number of hydrogen-bond acceptors (Lipinski definition) is 0. The van der Waals surface area contributed by atoms with Crippen LogP contribution in [0.5, 0.6) is 0 Å².